The van der Waals surface area contributed by atoms with Gasteiger partial charge in [0.1, 0.15) is 0 Å². The van der Waals surface area contributed by atoms with Crippen LogP contribution in [0, 0.1) is 0 Å². The molecule has 0 spiro atoms. The Balaban J connectivity index is 0. The zero-order valence-corrected chi connectivity index (χ0v) is 6.43. The summed E-state index contributed by atoms with van der Waals surface area (Å²) in [6.07, 6.45) is 0. The van der Waals surface area contributed by atoms with Crippen molar-refractivity contribution in [1.82, 2.24) is 30.8 Å². The fraction of sp³-hybridized carbons (Fsp3) is 0. The molecule has 0 rings (SSSR count). The van der Waals surface area contributed by atoms with Gasteiger partial charge in [0.25, 0.3) is 0 Å². The van der Waals surface area contributed by atoms with E-state index in [0.717, 1.165) is 0 Å². The summed E-state index contributed by atoms with van der Waals surface area (Å²) in [5.74, 6) is 0. The standard InChI is InChI=1S/5H3N.Os/h5*1H3;. The molecule has 0 atom stereocenters. The second-order valence-electron chi connectivity index (χ2n) is 0. The second-order valence-corrected chi connectivity index (χ2v) is 0. The Hall–Kier alpha value is 0.436. The van der Waals surface area contributed by atoms with E-state index in [0.29, 0.717) is 0 Å². The van der Waals surface area contributed by atoms with E-state index in [2.05, 4.69) is 0 Å². The van der Waals surface area contributed by atoms with Crippen LogP contribution in [0.2, 0.25) is 0 Å². The van der Waals surface area contributed by atoms with Gasteiger partial charge in [0.05, 0.1) is 0 Å². The van der Waals surface area contributed by atoms with E-state index in [1.807, 2.05) is 0 Å². The third kappa shape index (κ3) is 275. The summed E-state index contributed by atoms with van der Waals surface area (Å²) in [6, 6.07) is 0. The van der Waals surface area contributed by atoms with E-state index < -0.39 is 0 Å². The van der Waals surface area contributed by atoms with Gasteiger partial charge < -0.3 is 30.8 Å². The van der Waals surface area contributed by atoms with E-state index >= 15 is 0 Å². The van der Waals surface area contributed by atoms with Crippen molar-refractivity contribution in [2.75, 3.05) is 0 Å². The number of hydrogen-bond acceptors (Lipinski definition) is 5. The van der Waals surface area contributed by atoms with Gasteiger partial charge in [0.15, 0.2) is 0 Å². The van der Waals surface area contributed by atoms with E-state index in [9.17, 15) is 0 Å². The Morgan fingerprint density at radius 2 is 0.333 bits per heavy atom. The second kappa shape index (κ2) is 562. The zero-order chi connectivity index (χ0) is 0. The Morgan fingerprint density at radius 1 is 0.333 bits per heavy atom. The summed E-state index contributed by atoms with van der Waals surface area (Å²) >= 11 is 0. The van der Waals surface area contributed by atoms with Crippen molar-refractivity contribution in [2.24, 2.45) is 0 Å². The Bertz CT molecular complexity index is 3.90. The average molecular weight is 275 g/mol. The SMILES string of the molecule is N.N.N.N.N.[Os]. The fourth-order valence-electron chi connectivity index (χ4n) is 0. The summed E-state index contributed by atoms with van der Waals surface area (Å²) in [6.45, 7) is 0. The minimum absolute atomic E-state index is 0. The van der Waals surface area contributed by atoms with Crippen LogP contribution in [-0.4, -0.2) is 0 Å². The van der Waals surface area contributed by atoms with E-state index in [1.54, 1.807) is 0 Å². The summed E-state index contributed by atoms with van der Waals surface area (Å²) in [5, 5.41) is 0. The molecule has 6 heteroatoms. The molecular formula is H15N5Os. The van der Waals surface area contributed by atoms with Crippen LogP contribution in [0.5, 0.6) is 0 Å². The monoisotopic (exact) mass is 277 g/mol. The van der Waals surface area contributed by atoms with Gasteiger partial charge in [-0.25, -0.2) is 0 Å². The predicted molar refractivity (Wildman–Crippen MR) is 25.1 cm³/mol. The molecular weight excluding hydrogens is 260 g/mol. The first-order chi connectivity index (χ1) is 0. The molecule has 0 aromatic carbocycles. The topological polar surface area (TPSA) is 175 Å². The van der Waals surface area contributed by atoms with Gasteiger partial charge >= 0.3 is 0 Å². The van der Waals surface area contributed by atoms with Gasteiger partial charge in [0.2, 0.25) is 0 Å². The van der Waals surface area contributed by atoms with Gasteiger partial charge in [-0.15, -0.1) is 0 Å². The fourth-order valence-corrected chi connectivity index (χ4v) is 0. The normalized spacial score (nSPS) is 0. The quantitative estimate of drug-likeness (QED) is 0.438. The molecule has 0 aromatic rings. The van der Waals surface area contributed by atoms with Gasteiger partial charge in [-0.1, -0.05) is 0 Å². The molecule has 6 heavy (non-hydrogen) atoms. The van der Waals surface area contributed by atoms with Crippen LogP contribution >= 0.6 is 0 Å². The smallest absolute Gasteiger partial charge is 0 e. The van der Waals surface area contributed by atoms with Crippen molar-refractivity contribution in [1.29, 1.82) is 0 Å². The molecule has 5 nitrogen and oxygen atoms in total. The molecule has 0 aromatic heterocycles. The molecule has 0 unspecified atom stereocenters. The average Bonchev–Trinajstić information content (AvgIpc) is 0. The van der Waals surface area contributed by atoms with Crippen LogP contribution in [0.3, 0.4) is 0 Å². The Kier molecular flexibility index (Phi) is 93600. The molecule has 0 aliphatic carbocycles. The zero-order valence-electron chi connectivity index (χ0n) is 3.89. The molecule has 15 N–H and O–H groups in total. The molecule has 0 saturated carbocycles. The minimum atomic E-state index is 0. The van der Waals surface area contributed by atoms with Crippen LogP contribution in [0.1, 0.15) is 0 Å². The third-order valence-electron chi connectivity index (χ3n) is 0. The van der Waals surface area contributed by atoms with Crippen LogP contribution in [-0.2, 0) is 19.8 Å². The molecule has 0 bridgehead atoms. The van der Waals surface area contributed by atoms with Crippen molar-refractivity contribution >= 4 is 0 Å². The predicted octanol–water partition coefficient (Wildman–Crippen LogP) is 0.807. The largest absolute Gasteiger partial charge is 0.344 e. The van der Waals surface area contributed by atoms with Crippen LogP contribution in [0.4, 0.5) is 0 Å². The third-order valence-corrected chi connectivity index (χ3v) is 0. The maximum Gasteiger partial charge on any atom is 0 e. The molecule has 48 valence electrons. The summed E-state index contributed by atoms with van der Waals surface area (Å²) in [5.41, 5.74) is 0. The number of rotatable bonds is 0. The van der Waals surface area contributed by atoms with Gasteiger partial charge in [-0.2, -0.15) is 0 Å². The molecule has 0 heterocycles. The molecule has 0 amide bonds. The molecule has 0 fully saturated rings. The minimum Gasteiger partial charge on any atom is -0.344 e. The first-order valence-corrected chi connectivity index (χ1v) is 0. The van der Waals surface area contributed by atoms with Gasteiger partial charge in [-0.05, 0) is 0 Å². The molecule has 0 aliphatic rings. The molecule has 0 aliphatic heterocycles. The van der Waals surface area contributed by atoms with Crippen molar-refractivity contribution in [3.8, 4) is 0 Å². The maximum atomic E-state index is 0. The van der Waals surface area contributed by atoms with Gasteiger partial charge in [0, 0.05) is 19.8 Å². The summed E-state index contributed by atoms with van der Waals surface area (Å²) < 4.78 is 0. The van der Waals surface area contributed by atoms with Crippen LogP contribution in [0.15, 0.2) is 0 Å². The Labute approximate surface area is 51.2 Å². The first-order valence-electron chi connectivity index (χ1n) is 0. The van der Waals surface area contributed by atoms with Crippen molar-refractivity contribution in [2.45, 2.75) is 0 Å². The van der Waals surface area contributed by atoms with E-state index in [4.69, 9.17) is 0 Å². The summed E-state index contributed by atoms with van der Waals surface area (Å²) in [4.78, 5) is 0. The molecule has 0 radical (unpaired) electrons. The first kappa shape index (κ1) is 999. The Morgan fingerprint density at radius 3 is 0.333 bits per heavy atom. The maximum absolute atomic E-state index is 0. The van der Waals surface area contributed by atoms with E-state index in [-0.39, 0.29) is 50.5 Å². The van der Waals surface area contributed by atoms with E-state index in [1.165, 1.54) is 0 Å². The van der Waals surface area contributed by atoms with Crippen molar-refractivity contribution in [3.63, 3.8) is 0 Å². The van der Waals surface area contributed by atoms with Gasteiger partial charge in [-0.3, -0.25) is 0 Å². The van der Waals surface area contributed by atoms with Crippen LogP contribution < -0.4 is 30.8 Å². The number of hydrogen-bond donors (Lipinski definition) is 5. The van der Waals surface area contributed by atoms with Crippen molar-refractivity contribution < 1.29 is 19.8 Å². The molecule has 0 saturated heterocycles. The van der Waals surface area contributed by atoms with Crippen molar-refractivity contribution in [3.05, 3.63) is 0 Å². The summed E-state index contributed by atoms with van der Waals surface area (Å²) in [7, 11) is 0. The van der Waals surface area contributed by atoms with Crippen LogP contribution in [0.25, 0.3) is 0 Å².